The quantitative estimate of drug-likeness (QED) is 0.616. The van der Waals surface area contributed by atoms with Crippen molar-refractivity contribution in [2.24, 2.45) is 0 Å². The number of ether oxygens (including phenoxy) is 1. The van der Waals surface area contributed by atoms with Crippen molar-refractivity contribution in [3.8, 4) is 0 Å². The van der Waals surface area contributed by atoms with Gasteiger partial charge in [0.25, 0.3) is 0 Å². The molecule has 0 aliphatic carbocycles. The van der Waals surface area contributed by atoms with E-state index in [1.165, 1.54) is 28.1 Å². The summed E-state index contributed by atoms with van der Waals surface area (Å²) in [5.41, 5.74) is 6.36. The van der Waals surface area contributed by atoms with Gasteiger partial charge in [0.1, 0.15) is 0 Å². The van der Waals surface area contributed by atoms with Crippen molar-refractivity contribution in [1.82, 2.24) is 4.90 Å². The topological polar surface area (TPSA) is 15.7 Å². The van der Waals surface area contributed by atoms with Crippen LogP contribution in [0.15, 0.2) is 78.9 Å². The van der Waals surface area contributed by atoms with Crippen LogP contribution in [0, 0.1) is 0 Å². The first kappa shape index (κ1) is 18.2. The molecule has 1 saturated heterocycles. The van der Waals surface area contributed by atoms with Gasteiger partial charge in [0, 0.05) is 31.0 Å². The number of rotatable bonds is 4. The van der Waals surface area contributed by atoms with E-state index in [1.54, 1.807) is 0 Å². The fourth-order valence-electron chi connectivity index (χ4n) is 4.33. The minimum absolute atomic E-state index is 0.173. The smallest absolute Gasteiger partial charge is 0.0881 e. The van der Waals surface area contributed by atoms with Gasteiger partial charge in [-0.1, -0.05) is 78.9 Å². The maximum Gasteiger partial charge on any atom is 0.0881 e. The lowest BCUT2D eigenvalue weighted by Crippen LogP contribution is -2.46. The summed E-state index contributed by atoms with van der Waals surface area (Å²) in [4.78, 5) is 4.94. The van der Waals surface area contributed by atoms with Gasteiger partial charge in [-0.25, -0.2) is 0 Å². The van der Waals surface area contributed by atoms with Crippen LogP contribution in [-0.4, -0.2) is 37.2 Å². The largest absolute Gasteiger partial charge is 0.374 e. The SMILES string of the molecule is C1=Cc2ccccc2N(CC2CN(Cc3ccccc3)CCO2)c2ccccc21. The van der Waals surface area contributed by atoms with E-state index in [-0.39, 0.29) is 6.10 Å². The normalized spacial score (nSPS) is 18.8. The monoisotopic (exact) mass is 382 g/mol. The zero-order valence-corrected chi connectivity index (χ0v) is 16.6. The molecule has 0 radical (unpaired) electrons. The molecule has 2 aliphatic rings. The van der Waals surface area contributed by atoms with E-state index < -0.39 is 0 Å². The minimum Gasteiger partial charge on any atom is -0.374 e. The van der Waals surface area contributed by atoms with Crippen LogP contribution in [0.1, 0.15) is 16.7 Å². The predicted octanol–water partition coefficient (Wildman–Crippen LogP) is 5.21. The summed E-state index contributed by atoms with van der Waals surface area (Å²) in [7, 11) is 0. The molecule has 0 bridgehead atoms. The second-order valence-corrected chi connectivity index (χ2v) is 7.78. The first-order valence-electron chi connectivity index (χ1n) is 10.4. The summed E-state index contributed by atoms with van der Waals surface area (Å²) in [5, 5.41) is 0. The van der Waals surface area contributed by atoms with Crippen LogP contribution in [0.5, 0.6) is 0 Å². The molecule has 29 heavy (non-hydrogen) atoms. The highest BCUT2D eigenvalue weighted by Crippen LogP contribution is 2.36. The Bertz CT molecular complexity index is 949. The molecule has 3 heteroatoms. The molecule has 3 aromatic rings. The van der Waals surface area contributed by atoms with Gasteiger partial charge in [0.15, 0.2) is 0 Å². The molecular weight excluding hydrogens is 356 g/mol. The molecule has 0 spiro atoms. The van der Waals surface area contributed by atoms with Crippen LogP contribution in [0.4, 0.5) is 11.4 Å². The molecule has 2 heterocycles. The third kappa shape index (κ3) is 3.98. The minimum atomic E-state index is 0.173. The van der Waals surface area contributed by atoms with Crippen LogP contribution in [0.3, 0.4) is 0 Å². The van der Waals surface area contributed by atoms with Gasteiger partial charge in [-0.05, 0) is 28.8 Å². The molecule has 146 valence electrons. The third-order valence-corrected chi connectivity index (χ3v) is 5.76. The van der Waals surface area contributed by atoms with Crippen molar-refractivity contribution in [3.05, 3.63) is 95.6 Å². The molecular formula is C26H26N2O. The maximum absolute atomic E-state index is 6.22. The molecule has 0 N–H and O–H groups in total. The summed E-state index contributed by atoms with van der Waals surface area (Å²) in [6.07, 6.45) is 4.61. The maximum atomic E-state index is 6.22. The van der Waals surface area contributed by atoms with Gasteiger partial charge in [-0.3, -0.25) is 4.90 Å². The number of benzene rings is 3. The molecule has 1 unspecified atom stereocenters. The van der Waals surface area contributed by atoms with Gasteiger partial charge in [-0.2, -0.15) is 0 Å². The van der Waals surface area contributed by atoms with Gasteiger partial charge in [0.05, 0.1) is 19.3 Å². The Balaban J connectivity index is 1.39. The van der Waals surface area contributed by atoms with E-state index in [9.17, 15) is 0 Å². The Morgan fingerprint density at radius 3 is 2.07 bits per heavy atom. The Hall–Kier alpha value is -2.88. The highest BCUT2D eigenvalue weighted by Gasteiger charge is 2.26. The van der Waals surface area contributed by atoms with Crippen molar-refractivity contribution in [2.75, 3.05) is 31.1 Å². The van der Waals surface area contributed by atoms with Crippen molar-refractivity contribution in [3.63, 3.8) is 0 Å². The second kappa shape index (κ2) is 8.24. The molecule has 0 amide bonds. The van der Waals surface area contributed by atoms with Crippen LogP contribution in [0.25, 0.3) is 12.2 Å². The first-order chi connectivity index (χ1) is 14.4. The zero-order valence-electron chi connectivity index (χ0n) is 16.6. The van der Waals surface area contributed by atoms with E-state index in [0.29, 0.717) is 0 Å². The Kier molecular flexibility index (Phi) is 5.16. The van der Waals surface area contributed by atoms with Gasteiger partial charge >= 0.3 is 0 Å². The predicted molar refractivity (Wildman–Crippen MR) is 120 cm³/mol. The number of nitrogens with zero attached hydrogens (tertiary/aromatic N) is 2. The van der Waals surface area contributed by atoms with Crippen molar-refractivity contribution in [2.45, 2.75) is 12.6 Å². The third-order valence-electron chi connectivity index (χ3n) is 5.76. The number of anilines is 2. The van der Waals surface area contributed by atoms with Crippen molar-refractivity contribution < 1.29 is 4.74 Å². The van der Waals surface area contributed by atoms with E-state index in [4.69, 9.17) is 4.74 Å². The Labute approximate surface area is 172 Å². The van der Waals surface area contributed by atoms with E-state index in [1.807, 2.05) is 0 Å². The molecule has 5 rings (SSSR count). The van der Waals surface area contributed by atoms with Gasteiger partial charge in [0.2, 0.25) is 0 Å². The average Bonchev–Trinajstić information content (AvgIpc) is 2.92. The summed E-state index contributed by atoms with van der Waals surface area (Å²) >= 11 is 0. The van der Waals surface area contributed by atoms with E-state index in [2.05, 4.69) is 101 Å². The van der Waals surface area contributed by atoms with Gasteiger partial charge in [-0.15, -0.1) is 0 Å². The standard InChI is InChI=1S/C26H26N2O/c1-2-8-21(9-3-1)18-27-16-17-29-24(19-27)20-28-25-12-6-4-10-22(25)14-15-23-11-5-7-13-26(23)28/h1-15,24H,16-20H2. The molecule has 0 aromatic heterocycles. The number of para-hydroxylation sites is 2. The van der Waals surface area contributed by atoms with Crippen LogP contribution in [0.2, 0.25) is 0 Å². The lowest BCUT2D eigenvalue weighted by atomic mass is 10.1. The lowest BCUT2D eigenvalue weighted by molar-refractivity contribution is -0.0259. The fourth-order valence-corrected chi connectivity index (χ4v) is 4.33. The number of morpholine rings is 1. The summed E-state index contributed by atoms with van der Waals surface area (Å²) in [6.45, 7) is 4.55. The summed E-state index contributed by atoms with van der Waals surface area (Å²) in [5.74, 6) is 0. The zero-order chi connectivity index (χ0) is 19.5. The molecule has 3 aromatic carbocycles. The number of fused-ring (bicyclic) bond motifs is 2. The molecule has 2 aliphatic heterocycles. The number of hydrogen-bond donors (Lipinski definition) is 0. The van der Waals surface area contributed by atoms with E-state index >= 15 is 0 Å². The first-order valence-corrected chi connectivity index (χ1v) is 10.4. The summed E-state index contributed by atoms with van der Waals surface area (Å²) < 4.78 is 6.22. The van der Waals surface area contributed by atoms with Crippen LogP contribution >= 0.6 is 0 Å². The highest BCUT2D eigenvalue weighted by atomic mass is 16.5. The van der Waals surface area contributed by atoms with E-state index in [0.717, 1.165) is 32.8 Å². The molecule has 0 saturated carbocycles. The number of hydrogen-bond acceptors (Lipinski definition) is 3. The van der Waals surface area contributed by atoms with Crippen molar-refractivity contribution in [1.29, 1.82) is 0 Å². The second-order valence-electron chi connectivity index (χ2n) is 7.78. The average molecular weight is 383 g/mol. The molecule has 3 nitrogen and oxygen atoms in total. The van der Waals surface area contributed by atoms with Crippen LogP contribution in [-0.2, 0) is 11.3 Å². The van der Waals surface area contributed by atoms with Crippen molar-refractivity contribution >= 4 is 23.5 Å². The van der Waals surface area contributed by atoms with Crippen LogP contribution < -0.4 is 4.90 Å². The molecule has 1 atom stereocenters. The van der Waals surface area contributed by atoms with Gasteiger partial charge < -0.3 is 9.64 Å². The molecule has 1 fully saturated rings. The summed E-state index contributed by atoms with van der Waals surface area (Å²) in [6, 6.07) is 28.0. The lowest BCUT2D eigenvalue weighted by Gasteiger charge is -2.37. The Morgan fingerprint density at radius 1 is 0.759 bits per heavy atom. The Morgan fingerprint density at radius 2 is 1.38 bits per heavy atom. The highest BCUT2D eigenvalue weighted by molar-refractivity contribution is 5.88. The fraction of sp³-hybridized carbons (Fsp3) is 0.231.